The van der Waals surface area contributed by atoms with Crippen molar-refractivity contribution >= 4 is 52.2 Å². The van der Waals surface area contributed by atoms with E-state index in [4.69, 9.17) is 4.74 Å². The normalized spacial score (nSPS) is 11.9. The summed E-state index contributed by atoms with van der Waals surface area (Å²) < 4.78 is 8.14. The topological polar surface area (TPSA) is 114 Å². The third-order valence-corrected chi connectivity index (χ3v) is 6.48. The molecule has 0 bridgehead atoms. The number of amides is 1. The van der Waals surface area contributed by atoms with E-state index < -0.39 is 5.25 Å². The van der Waals surface area contributed by atoms with Crippen molar-refractivity contribution in [3.05, 3.63) is 70.1 Å². The summed E-state index contributed by atoms with van der Waals surface area (Å²) in [6, 6.07) is 13.1. The molecule has 0 aliphatic heterocycles. The minimum Gasteiger partial charge on any atom is -0.504 e. The Bertz CT molecular complexity index is 1170. The van der Waals surface area contributed by atoms with Crippen LogP contribution in [0.25, 0.3) is 0 Å². The molecule has 34 heavy (non-hydrogen) atoms. The van der Waals surface area contributed by atoms with E-state index in [-0.39, 0.29) is 11.7 Å². The molecule has 11 heteroatoms. The van der Waals surface area contributed by atoms with Crippen molar-refractivity contribution in [2.75, 3.05) is 12.4 Å². The Hall–Kier alpha value is -3.06. The highest BCUT2D eigenvalue weighted by molar-refractivity contribution is 14.1. The lowest BCUT2D eigenvalue weighted by molar-refractivity contribution is -0.120. The second-order valence-electron chi connectivity index (χ2n) is 7.05. The van der Waals surface area contributed by atoms with E-state index in [1.165, 1.54) is 25.1 Å². The molecule has 3 aromatic rings. The van der Waals surface area contributed by atoms with E-state index in [0.29, 0.717) is 29.6 Å². The number of hydrogen-bond donors (Lipinski definition) is 3. The zero-order valence-corrected chi connectivity index (χ0v) is 21.7. The van der Waals surface area contributed by atoms with E-state index in [0.717, 1.165) is 15.1 Å². The first-order valence-electron chi connectivity index (χ1n) is 10.3. The molecule has 0 saturated heterocycles. The van der Waals surface area contributed by atoms with Gasteiger partial charge in [0.1, 0.15) is 0 Å². The molecule has 0 fully saturated rings. The number of rotatable bonds is 11. The van der Waals surface area contributed by atoms with Crippen LogP contribution < -0.4 is 15.5 Å². The number of halogens is 1. The third kappa shape index (κ3) is 6.73. The zero-order chi connectivity index (χ0) is 24.5. The number of hydrazone groups is 1. The van der Waals surface area contributed by atoms with Crippen molar-refractivity contribution in [1.82, 2.24) is 20.2 Å². The summed E-state index contributed by atoms with van der Waals surface area (Å²) in [5.41, 5.74) is 3.90. The molecular weight excluding hydrogens is 567 g/mol. The molecule has 2 aromatic carbocycles. The van der Waals surface area contributed by atoms with Crippen molar-refractivity contribution in [3.8, 4) is 11.5 Å². The average molecular weight is 592 g/mol. The molecule has 0 aliphatic carbocycles. The smallest absolute Gasteiger partial charge is 0.253 e. The Morgan fingerprint density at radius 2 is 2.09 bits per heavy atom. The van der Waals surface area contributed by atoms with E-state index in [1.807, 2.05) is 28.8 Å². The van der Waals surface area contributed by atoms with E-state index in [1.54, 1.807) is 31.2 Å². The van der Waals surface area contributed by atoms with Gasteiger partial charge < -0.3 is 19.7 Å². The van der Waals surface area contributed by atoms with Gasteiger partial charge in [-0.2, -0.15) is 5.10 Å². The number of nitrogens with one attached hydrogen (secondary N) is 2. The summed E-state index contributed by atoms with van der Waals surface area (Å²) >= 11 is 3.54. The van der Waals surface area contributed by atoms with Crippen LogP contribution in [-0.2, 0) is 17.9 Å². The number of phenols is 1. The highest BCUT2D eigenvalue weighted by atomic mass is 127. The highest BCUT2D eigenvalue weighted by Gasteiger charge is 2.19. The summed E-state index contributed by atoms with van der Waals surface area (Å²) in [6.07, 6.45) is 3.12. The van der Waals surface area contributed by atoms with Crippen LogP contribution >= 0.6 is 34.4 Å². The van der Waals surface area contributed by atoms with Gasteiger partial charge in [-0.1, -0.05) is 23.9 Å². The summed E-state index contributed by atoms with van der Waals surface area (Å²) in [4.78, 5) is 12.5. The van der Waals surface area contributed by atoms with Gasteiger partial charge in [0.05, 0.1) is 25.1 Å². The maximum absolute atomic E-state index is 12.5. The predicted octanol–water partition coefficient (Wildman–Crippen LogP) is 4.03. The molecule has 178 valence electrons. The Morgan fingerprint density at radius 3 is 2.79 bits per heavy atom. The lowest BCUT2D eigenvalue weighted by atomic mass is 10.2. The van der Waals surface area contributed by atoms with Gasteiger partial charge in [-0.3, -0.25) is 4.79 Å². The van der Waals surface area contributed by atoms with Crippen molar-refractivity contribution in [3.63, 3.8) is 0 Å². The number of phenolic OH excluding ortho intramolecular Hbond substituents is 1. The largest absolute Gasteiger partial charge is 0.504 e. The van der Waals surface area contributed by atoms with E-state index >= 15 is 0 Å². The molecule has 1 aromatic heterocycles. The van der Waals surface area contributed by atoms with Crippen molar-refractivity contribution in [2.45, 2.75) is 30.4 Å². The van der Waals surface area contributed by atoms with Crippen LogP contribution in [0.2, 0.25) is 0 Å². The molecule has 1 heterocycles. The average Bonchev–Trinajstić information content (AvgIpc) is 3.21. The molecule has 0 spiro atoms. The highest BCUT2D eigenvalue weighted by Crippen LogP contribution is 2.28. The molecule has 1 atom stereocenters. The molecule has 0 radical (unpaired) electrons. The van der Waals surface area contributed by atoms with Gasteiger partial charge in [-0.15, -0.1) is 16.8 Å². The fourth-order valence-corrected chi connectivity index (χ4v) is 4.11. The van der Waals surface area contributed by atoms with Crippen LogP contribution in [-0.4, -0.2) is 44.4 Å². The second kappa shape index (κ2) is 12.4. The zero-order valence-electron chi connectivity index (χ0n) is 18.7. The Kier molecular flexibility index (Phi) is 9.33. The number of carbonyl (C=O) groups is 1. The van der Waals surface area contributed by atoms with Crippen LogP contribution in [0, 0.1) is 3.57 Å². The number of nitrogens with zero attached hydrogens (tertiary/aromatic N) is 4. The van der Waals surface area contributed by atoms with Gasteiger partial charge in [0.2, 0.25) is 0 Å². The predicted molar refractivity (Wildman–Crippen MR) is 142 cm³/mol. The molecule has 3 N–H and O–H groups in total. The number of methoxy groups -OCH3 is 1. The van der Waals surface area contributed by atoms with Crippen LogP contribution in [0.3, 0.4) is 0 Å². The minimum absolute atomic E-state index is 0.0469. The minimum atomic E-state index is -0.485. The standard InChI is InChI=1S/C23H25IN6O3S/c1-4-12-30-20(14-25-18-10-8-17(24)9-11-18)27-29-23(30)34-15(2)22(32)28-26-13-16-6-5-7-19(33-3)21(16)31/h4-11,13,15,25,31H,1,12,14H2,2-3H3,(H,28,32). The maximum Gasteiger partial charge on any atom is 0.253 e. The summed E-state index contributed by atoms with van der Waals surface area (Å²) in [5.74, 6) is 0.706. The molecule has 3 rings (SSSR count). The number of ether oxygens (including phenoxy) is 1. The molecule has 9 nitrogen and oxygen atoms in total. The van der Waals surface area contributed by atoms with Gasteiger partial charge in [-0.25, -0.2) is 5.43 Å². The van der Waals surface area contributed by atoms with E-state index in [2.05, 4.69) is 55.2 Å². The third-order valence-electron chi connectivity index (χ3n) is 4.68. The number of thioether (sulfide) groups is 1. The number of allylic oxidation sites excluding steroid dienone is 1. The van der Waals surface area contributed by atoms with Crippen molar-refractivity contribution < 1.29 is 14.6 Å². The Labute approximate surface area is 215 Å². The SMILES string of the molecule is C=CCn1c(CNc2ccc(I)cc2)nnc1SC(C)C(=O)NN=Cc1cccc(OC)c1O. The first kappa shape index (κ1) is 25.6. The van der Waals surface area contributed by atoms with Crippen LogP contribution in [0.15, 0.2) is 65.4 Å². The monoisotopic (exact) mass is 592 g/mol. The first-order valence-corrected chi connectivity index (χ1v) is 12.3. The van der Waals surface area contributed by atoms with Gasteiger partial charge in [0.25, 0.3) is 5.91 Å². The second-order valence-corrected chi connectivity index (χ2v) is 9.60. The number of benzene rings is 2. The quantitative estimate of drug-likeness (QED) is 0.101. The van der Waals surface area contributed by atoms with E-state index in [9.17, 15) is 9.90 Å². The fraction of sp³-hybridized carbons (Fsp3) is 0.217. The summed E-state index contributed by atoms with van der Waals surface area (Å²) in [5, 5.41) is 26.1. The fourth-order valence-electron chi connectivity index (χ4n) is 2.87. The van der Waals surface area contributed by atoms with Gasteiger partial charge in [-0.05, 0) is 65.9 Å². The summed E-state index contributed by atoms with van der Waals surface area (Å²) in [6.45, 7) is 6.57. The van der Waals surface area contributed by atoms with Crippen molar-refractivity contribution in [1.29, 1.82) is 0 Å². The van der Waals surface area contributed by atoms with Gasteiger partial charge >= 0.3 is 0 Å². The van der Waals surface area contributed by atoms with Gasteiger partial charge in [0.15, 0.2) is 22.5 Å². The lowest BCUT2D eigenvalue weighted by Gasteiger charge is -2.12. The first-order chi connectivity index (χ1) is 16.4. The number of para-hydroxylation sites is 1. The van der Waals surface area contributed by atoms with Crippen LogP contribution in [0.5, 0.6) is 11.5 Å². The lowest BCUT2D eigenvalue weighted by Crippen LogP contribution is -2.27. The Balaban J connectivity index is 1.61. The number of aromatic hydroxyl groups is 1. The molecule has 0 saturated carbocycles. The number of anilines is 1. The Morgan fingerprint density at radius 1 is 1.32 bits per heavy atom. The molecular formula is C23H25IN6O3S. The van der Waals surface area contributed by atoms with Crippen LogP contribution in [0.4, 0.5) is 5.69 Å². The summed E-state index contributed by atoms with van der Waals surface area (Å²) in [7, 11) is 1.46. The molecule has 1 unspecified atom stereocenters. The van der Waals surface area contributed by atoms with Gasteiger partial charge in [0, 0.05) is 21.4 Å². The van der Waals surface area contributed by atoms with Crippen molar-refractivity contribution in [2.24, 2.45) is 5.10 Å². The number of hydrogen-bond acceptors (Lipinski definition) is 8. The number of aromatic nitrogens is 3. The molecule has 1 amide bonds. The van der Waals surface area contributed by atoms with Crippen LogP contribution in [0.1, 0.15) is 18.3 Å². The molecule has 0 aliphatic rings. The maximum atomic E-state index is 12.5. The number of carbonyl (C=O) groups excluding carboxylic acids is 1.